The molecule has 198 valence electrons. The summed E-state index contributed by atoms with van der Waals surface area (Å²) >= 11 is 7.30. The zero-order chi connectivity index (χ0) is 27.5. The summed E-state index contributed by atoms with van der Waals surface area (Å²) in [7, 11) is 0. The maximum atomic E-state index is 13.8. The number of carbonyl (C=O) groups excluding carboxylic acids is 1. The van der Waals surface area contributed by atoms with Crippen molar-refractivity contribution in [3.8, 4) is 11.4 Å². The number of nitrogens with zero attached hydrogens (tertiary/aromatic N) is 3. The molecule has 0 radical (unpaired) electrons. The predicted molar refractivity (Wildman–Crippen MR) is 153 cm³/mol. The van der Waals surface area contributed by atoms with Crippen LogP contribution in [-0.2, 0) is 9.53 Å². The average molecular weight is 560 g/mol. The fraction of sp³-hybridized carbons (Fsp3) is 0.167. The maximum Gasteiger partial charge on any atom is 0.338 e. The summed E-state index contributed by atoms with van der Waals surface area (Å²) in [5.41, 5.74) is 3.19. The monoisotopic (exact) mass is 559 g/mol. The minimum absolute atomic E-state index is 0.214. The number of carbonyl (C=O) groups is 1. The molecule has 39 heavy (non-hydrogen) atoms. The summed E-state index contributed by atoms with van der Waals surface area (Å²) in [6.45, 7) is 7.78. The highest BCUT2D eigenvalue weighted by atomic mass is 35.5. The topological polar surface area (TPSA) is 74.8 Å². The molecule has 4 aromatic rings. The lowest BCUT2D eigenvalue weighted by atomic mass is 9.96. The first-order valence-corrected chi connectivity index (χ1v) is 13.6. The van der Waals surface area contributed by atoms with Crippen molar-refractivity contribution in [2.75, 3.05) is 13.2 Å². The molecule has 0 bridgehead atoms. The standard InChI is InChI=1S/C30H26ClN3O4S/c1-4-16-38-24-12-6-21(7-13-24)27-26(29(36)37-5-2)19(3)32-30-34(27)28(35)25(39-30)17-20-14-15-33(18-20)23-10-8-22(31)9-11-23/h4,6-15,17-18,27H,1,5,16H2,2-3H3/b25-17-/t27-/m1/s1. The Bertz CT molecular complexity index is 1750. The molecule has 7 nitrogen and oxygen atoms in total. The van der Waals surface area contributed by atoms with Crippen molar-refractivity contribution < 1.29 is 14.3 Å². The van der Waals surface area contributed by atoms with Gasteiger partial charge in [-0.15, -0.1) is 0 Å². The SMILES string of the molecule is C=CCOc1ccc([C@@H]2C(C(=O)OCC)=C(C)N=c3s/c(=C\c4ccn(-c5ccc(Cl)cc5)c4)c(=O)n32)cc1. The Morgan fingerprint density at radius 3 is 2.59 bits per heavy atom. The molecule has 1 atom stereocenters. The summed E-state index contributed by atoms with van der Waals surface area (Å²) in [5, 5.41) is 0.665. The van der Waals surface area contributed by atoms with Gasteiger partial charge in [0.05, 0.1) is 28.5 Å². The number of esters is 1. The van der Waals surface area contributed by atoms with Crippen molar-refractivity contribution in [3.63, 3.8) is 0 Å². The van der Waals surface area contributed by atoms with Gasteiger partial charge in [-0.2, -0.15) is 0 Å². The Morgan fingerprint density at radius 1 is 1.15 bits per heavy atom. The number of rotatable bonds is 8. The van der Waals surface area contributed by atoms with E-state index in [2.05, 4.69) is 11.6 Å². The molecule has 9 heteroatoms. The van der Waals surface area contributed by atoms with E-state index in [-0.39, 0.29) is 12.2 Å². The van der Waals surface area contributed by atoms with Gasteiger partial charge in [0, 0.05) is 23.1 Å². The van der Waals surface area contributed by atoms with Crippen molar-refractivity contribution in [3.05, 3.63) is 127 Å². The van der Waals surface area contributed by atoms with Gasteiger partial charge in [-0.25, -0.2) is 9.79 Å². The quantitative estimate of drug-likeness (QED) is 0.229. The van der Waals surface area contributed by atoms with E-state index < -0.39 is 12.0 Å². The van der Waals surface area contributed by atoms with Crippen LogP contribution in [0.1, 0.15) is 31.0 Å². The van der Waals surface area contributed by atoms with Gasteiger partial charge in [-0.05, 0) is 73.5 Å². The zero-order valence-corrected chi connectivity index (χ0v) is 23.0. The molecule has 0 saturated heterocycles. The zero-order valence-electron chi connectivity index (χ0n) is 21.5. The first kappa shape index (κ1) is 26.5. The van der Waals surface area contributed by atoms with E-state index >= 15 is 0 Å². The third-order valence-corrected chi connectivity index (χ3v) is 7.45. The summed E-state index contributed by atoms with van der Waals surface area (Å²) in [5.74, 6) is 0.166. The highest BCUT2D eigenvalue weighted by Crippen LogP contribution is 2.31. The Kier molecular flexibility index (Phi) is 7.67. The molecular weight excluding hydrogens is 534 g/mol. The number of fused-ring (bicyclic) bond motifs is 1. The molecule has 0 unspecified atom stereocenters. The molecule has 0 spiro atoms. The Hall–Kier alpha value is -4.14. The van der Waals surface area contributed by atoms with E-state index in [9.17, 15) is 9.59 Å². The number of thiazole rings is 1. The van der Waals surface area contributed by atoms with Crippen molar-refractivity contribution >= 4 is 35.0 Å². The van der Waals surface area contributed by atoms with Gasteiger partial charge in [0.25, 0.3) is 5.56 Å². The Balaban J connectivity index is 1.59. The van der Waals surface area contributed by atoms with Crippen LogP contribution in [0.5, 0.6) is 5.75 Å². The second-order valence-electron chi connectivity index (χ2n) is 8.80. The molecule has 0 amide bonds. The molecule has 0 N–H and O–H groups in total. The molecule has 3 heterocycles. The van der Waals surface area contributed by atoms with Crippen LogP contribution in [0, 0.1) is 0 Å². The summed E-state index contributed by atoms with van der Waals surface area (Å²) < 4.78 is 15.0. The van der Waals surface area contributed by atoms with E-state index in [0.717, 1.165) is 16.8 Å². The fourth-order valence-electron chi connectivity index (χ4n) is 4.43. The molecule has 5 rings (SSSR count). The van der Waals surface area contributed by atoms with Gasteiger partial charge < -0.3 is 14.0 Å². The van der Waals surface area contributed by atoms with Gasteiger partial charge in [-0.1, -0.05) is 47.7 Å². The maximum absolute atomic E-state index is 13.8. The number of hydrogen-bond donors (Lipinski definition) is 0. The van der Waals surface area contributed by atoms with Crippen LogP contribution in [0.2, 0.25) is 5.02 Å². The molecular formula is C30H26ClN3O4S. The summed E-state index contributed by atoms with van der Waals surface area (Å²) in [6, 6.07) is 16.1. The number of halogens is 1. The highest BCUT2D eigenvalue weighted by Gasteiger charge is 2.33. The lowest BCUT2D eigenvalue weighted by molar-refractivity contribution is -0.139. The number of aromatic nitrogens is 2. The number of hydrogen-bond acceptors (Lipinski definition) is 6. The molecule has 2 aromatic carbocycles. The summed E-state index contributed by atoms with van der Waals surface area (Å²) in [6.07, 6.45) is 7.37. The van der Waals surface area contributed by atoms with Gasteiger partial charge in [0.2, 0.25) is 0 Å². The van der Waals surface area contributed by atoms with Crippen LogP contribution in [0.15, 0.2) is 101 Å². The van der Waals surface area contributed by atoms with Gasteiger partial charge in [-0.3, -0.25) is 9.36 Å². The molecule has 1 aliphatic rings. The van der Waals surface area contributed by atoms with Crippen LogP contribution in [-0.4, -0.2) is 28.3 Å². The van der Waals surface area contributed by atoms with Gasteiger partial charge >= 0.3 is 5.97 Å². The Morgan fingerprint density at radius 2 is 1.90 bits per heavy atom. The van der Waals surface area contributed by atoms with Gasteiger partial charge in [0.1, 0.15) is 12.4 Å². The van der Waals surface area contributed by atoms with Crippen LogP contribution in [0.3, 0.4) is 0 Å². The number of ether oxygens (including phenoxy) is 2. The van der Waals surface area contributed by atoms with E-state index in [1.54, 1.807) is 24.5 Å². The number of allylic oxidation sites excluding steroid dienone is 1. The Labute approximate surface area is 234 Å². The average Bonchev–Trinajstić information content (AvgIpc) is 3.52. The largest absolute Gasteiger partial charge is 0.490 e. The summed E-state index contributed by atoms with van der Waals surface area (Å²) in [4.78, 5) is 32.0. The first-order chi connectivity index (χ1) is 18.9. The highest BCUT2D eigenvalue weighted by molar-refractivity contribution is 7.07. The van der Waals surface area contributed by atoms with E-state index in [0.29, 0.717) is 38.0 Å². The van der Waals surface area contributed by atoms with E-state index in [4.69, 9.17) is 21.1 Å². The minimum atomic E-state index is -0.686. The molecule has 2 aromatic heterocycles. The lowest BCUT2D eigenvalue weighted by Gasteiger charge is -2.24. The second-order valence-corrected chi connectivity index (χ2v) is 10.2. The van der Waals surface area contributed by atoms with E-state index in [1.807, 2.05) is 77.6 Å². The smallest absolute Gasteiger partial charge is 0.338 e. The predicted octanol–water partition coefficient (Wildman–Crippen LogP) is 4.81. The molecule has 0 saturated carbocycles. The van der Waals surface area contributed by atoms with Gasteiger partial charge in [0.15, 0.2) is 4.80 Å². The lowest BCUT2D eigenvalue weighted by Crippen LogP contribution is -2.39. The fourth-order valence-corrected chi connectivity index (χ4v) is 5.60. The third-order valence-electron chi connectivity index (χ3n) is 6.22. The van der Waals surface area contributed by atoms with Crippen LogP contribution in [0.4, 0.5) is 0 Å². The van der Waals surface area contributed by atoms with Crippen molar-refractivity contribution in [2.24, 2.45) is 4.99 Å². The van der Waals surface area contributed by atoms with Crippen LogP contribution < -0.4 is 19.6 Å². The minimum Gasteiger partial charge on any atom is -0.490 e. The van der Waals surface area contributed by atoms with Crippen molar-refractivity contribution in [1.82, 2.24) is 9.13 Å². The van der Waals surface area contributed by atoms with Crippen LogP contribution in [0.25, 0.3) is 11.8 Å². The first-order valence-electron chi connectivity index (χ1n) is 12.4. The third kappa shape index (κ3) is 5.39. The molecule has 1 aliphatic heterocycles. The van der Waals surface area contributed by atoms with E-state index in [1.165, 1.54) is 11.3 Å². The van der Waals surface area contributed by atoms with Crippen molar-refractivity contribution in [1.29, 1.82) is 0 Å². The molecule has 0 fully saturated rings. The number of benzene rings is 2. The van der Waals surface area contributed by atoms with Crippen molar-refractivity contribution in [2.45, 2.75) is 19.9 Å². The van der Waals surface area contributed by atoms with Crippen LogP contribution >= 0.6 is 22.9 Å². The second kappa shape index (κ2) is 11.3. The normalized spacial score (nSPS) is 15.1. The molecule has 0 aliphatic carbocycles.